The Hall–Kier alpha value is -0.770. The molecule has 19 heavy (non-hydrogen) atoms. The van der Waals surface area contributed by atoms with Crippen LogP contribution in [0, 0.1) is 16.7 Å². The summed E-state index contributed by atoms with van der Waals surface area (Å²) in [5.41, 5.74) is -0.699. The Kier molecular flexibility index (Phi) is 3.58. The number of carbonyl (C=O) groups is 1. The molecule has 0 aromatic carbocycles. The Bertz CT molecular complexity index is 362. The van der Waals surface area contributed by atoms with E-state index in [4.69, 9.17) is 0 Å². The number of nitrogens with one attached hydrogen (secondary N) is 2. The molecule has 2 bridgehead atoms. The first kappa shape index (κ1) is 14.6. The minimum Gasteiger partial charge on any atom is -0.389 e. The maximum absolute atomic E-state index is 11.4. The summed E-state index contributed by atoms with van der Waals surface area (Å²) >= 11 is 0. The van der Waals surface area contributed by atoms with Crippen LogP contribution >= 0.6 is 0 Å². The first-order valence-corrected chi connectivity index (χ1v) is 7.51. The van der Waals surface area contributed by atoms with Gasteiger partial charge < -0.3 is 15.7 Å². The van der Waals surface area contributed by atoms with Gasteiger partial charge in [-0.15, -0.1) is 0 Å². The van der Waals surface area contributed by atoms with Gasteiger partial charge in [0.05, 0.1) is 5.60 Å². The molecule has 0 aliphatic heterocycles. The molecule has 4 nitrogen and oxygen atoms in total. The second-order valence-electron chi connectivity index (χ2n) is 7.12. The van der Waals surface area contributed by atoms with Gasteiger partial charge in [-0.3, -0.25) is 0 Å². The van der Waals surface area contributed by atoms with Crippen LogP contribution in [0.1, 0.15) is 53.4 Å². The first-order chi connectivity index (χ1) is 8.77. The number of aliphatic hydroxyl groups is 1. The molecule has 0 aromatic rings. The number of rotatable bonds is 4. The highest BCUT2D eigenvalue weighted by atomic mass is 16.3. The van der Waals surface area contributed by atoms with Crippen LogP contribution in [-0.4, -0.2) is 29.8 Å². The van der Waals surface area contributed by atoms with Gasteiger partial charge in [0.15, 0.2) is 0 Å². The van der Waals surface area contributed by atoms with E-state index in [9.17, 15) is 9.90 Å². The van der Waals surface area contributed by atoms with Crippen molar-refractivity contribution >= 4 is 6.03 Å². The lowest BCUT2D eigenvalue weighted by Gasteiger charge is -2.51. The molecular formula is C15H28N2O2. The Morgan fingerprint density at radius 2 is 2.00 bits per heavy atom. The lowest BCUT2D eigenvalue weighted by atomic mass is 9.59. The third-order valence-corrected chi connectivity index (χ3v) is 5.94. The number of fused-ring (bicyclic) bond motifs is 2. The van der Waals surface area contributed by atoms with E-state index in [2.05, 4.69) is 31.4 Å². The fraction of sp³-hybridized carbons (Fsp3) is 0.933. The molecule has 0 unspecified atom stereocenters. The quantitative estimate of drug-likeness (QED) is 0.732. The van der Waals surface area contributed by atoms with Crippen molar-refractivity contribution in [2.75, 3.05) is 13.1 Å². The third-order valence-electron chi connectivity index (χ3n) is 5.94. The lowest BCUT2D eigenvalue weighted by molar-refractivity contribution is -0.146. The molecule has 2 rings (SSSR count). The molecule has 0 aromatic heterocycles. The number of hydrogen-bond acceptors (Lipinski definition) is 2. The molecule has 2 saturated carbocycles. The van der Waals surface area contributed by atoms with Crippen LogP contribution in [0.25, 0.3) is 0 Å². The Labute approximate surface area is 116 Å². The second-order valence-corrected chi connectivity index (χ2v) is 7.12. The van der Waals surface area contributed by atoms with Crippen molar-refractivity contribution < 1.29 is 9.90 Å². The number of carbonyl (C=O) groups excluding carboxylic acids is 1. The van der Waals surface area contributed by atoms with Gasteiger partial charge in [-0.1, -0.05) is 20.8 Å². The van der Waals surface area contributed by atoms with Crippen LogP contribution in [0.3, 0.4) is 0 Å². The van der Waals surface area contributed by atoms with Crippen molar-refractivity contribution in [3.05, 3.63) is 0 Å². The number of hydrogen-bond donors (Lipinski definition) is 3. The SMILES string of the molecule is CCNC(=O)NCC[C@]1(O)C(C)(C)[C@H]2CC[C@]1(C)C2. The Morgan fingerprint density at radius 1 is 1.32 bits per heavy atom. The summed E-state index contributed by atoms with van der Waals surface area (Å²) in [6, 6.07) is -0.141. The van der Waals surface area contributed by atoms with Crippen molar-refractivity contribution in [1.82, 2.24) is 10.6 Å². The van der Waals surface area contributed by atoms with Crippen LogP contribution in [-0.2, 0) is 0 Å². The van der Waals surface area contributed by atoms with Crippen molar-refractivity contribution in [2.24, 2.45) is 16.7 Å². The van der Waals surface area contributed by atoms with Gasteiger partial charge in [-0.05, 0) is 49.4 Å². The number of urea groups is 1. The lowest BCUT2D eigenvalue weighted by Crippen LogP contribution is -2.55. The molecule has 2 aliphatic rings. The van der Waals surface area contributed by atoms with E-state index < -0.39 is 5.60 Å². The highest BCUT2D eigenvalue weighted by Crippen LogP contribution is 2.68. The van der Waals surface area contributed by atoms with Gasteiger partial charge in [-0.25, -0.2) is 4.79 Å². The molecule has 0 radical (unpaired) electrons. The van der Waals surface area contributed by atoms with E-state index in [-0.39, 0.29) is 16.9 Å². The molecule has 2 aliphatic carbocycles. The summed E-state index contributed by atoms with van der Waals surface area (Å²) in [4.78, 5) is 11.4. The van der Waals surface area contributed by atoms with Crippen LogP contribution in [0.15, 0.2) is 0 Å². The standard InChI is InChI=1S/C15H28N2O2/c1-5-16-12(18)17-9-8-15(19)13(2,3)11-6-7-14(15,4)10-11/h11,19H,5-10H2,1-4H3,(H2,16,17,18)/t11-,14+,15-/m0/s1. The normalized spacial score (nSPS) is 39.3. The summed E-state index contributed by atoms with van der Waals surface area (Å²) in [7, 11) is 0. The highest BCUT2D eigenvalue weighted by Gasteiger charge is 2.67. The smallest absolute Gasteiger partial charge is 0.314 e. The molecule has 4 heteroatoms. The minimum atomic E-state index is -0.664. The second kappa shape index (κ2) is 4.65. The van der Waals surface area contributed by atoms with Crippen LogP contribution in [0.2, 0.25) is 0 Å². The van der Waals surface area contributed by atoms with Gasteiger partial charge >= 0.3 is 6.03 Å². The van der Waals surface area contributed by atoms with E-state index in [1.54, 1.807) is 0 Å². The minimum absolute atomic E-state index is 0.0179. The zero-order valence-electron chi connectivity index (χ0n) is 12.7. The largest absolute Gasteiger partial charge is 0.389 e. The molecule has 0 heterocycles. The summed E-state index contributed by atoms with van der Waals surface area (Å²) in [6.45, 7) is 9.65. The zero-order chi connectivity index (χ0) is 14.3. The molecule has 2 fully saturated rings. The predicted molar refractivity (Wildman–Crippen MR) is 75.9 cm³/mol. The van der Waals surface area contributed by atoms with Crippen LogP contribution in [0.5, 0.6) is 0 Å². The van der Waals surface area contributed by atoms with Gasteiger partial charge in [0.1, 0.15) is 0 Å². The van der Waals surface area contributed by atoms with E-state index in [1.807, 2.05) is 6.92 Å². The summed E-state index contributed by atoms with van der Waals surface area (Å²) < 4.78 is 0. The van der Waals surface area contributed by atoms with E-state index in [0.29, 0.717) is 25.4 Å². The molecule has 0 spiro atoms. The van der Waals surface area contributed by atoms with E-state index in [0.717, 1.165) is 12.8 Å². The van der Waals surface area contributed by atoms with Crippen LogP contribution < -0.4 is 10.6 Å². The fourth-order valence-electron chi connectivity index (χ4n) is 4.55. The maximum Gasteiger partial charge on any atom is 0.314 e. The van der Waals surface area contributed by atoms with Crippen molar-refractivity contribution in [1.29, 1.82) is 0 Å². The van der Waals surface area contributed by atoms with Crippen molar-refractivity contribution in [2.45, 2.75) is 59.0 Å². The third kappa shape index (κ3) is 2.04. The molecule has 0 saturated heterocycles. The van der Waals surface area contributed by atoms with E-state index >= 15 is 0 Å². The molecule has 2 amide bonds. The predicted octanol–water partition coefficient (Wildman–Crippen LogP) is 2.27. The topological polar surface area (TPSA) is 61.4 Å². The average Bonchev–Trinajstić information content (AvgIpc) is 2.78. The van der Waals surface area contributed by atoms with Crippen LogP contribution in [0.4, 0.5) is 4.79 Å². The molecular weight excluding hydrogens is 240 g/mol. The summed E-state index contributed by atoms with van der Waals surface area (Å²) in [5, 5.41) is 16.8. The number of amides is 2. The fourth-order valence-corrected chi connectivity index (χ4v) is 4.55. The van der Waals surface area contributed by atoms with Crippen molar-refractivity contribution in [3.63, 3.8) is 0 Å². The van der Waals surface area contributed by atoms with Crippen molar-refractivity contribution in [3.8, 4) is 0 Å². The first-order valence-electron chi connectivity index (χ1n) is 7.51. The maximum atomic E-state index is 11.4. The Balaban J connectivity index is 2.00. The van der Waals surface area contributed by atoms with Gasteiger partial charge in [0, 0.05) is 13.1 Å². The van der Waals surface area contributed by atoms with Gasteiger partial charge in [-0.2, -0.15) is 0 Å². The zero-order valence-corrected chi connectivity index (χ0v) is 12.7. The molecule has 3 N–H and O–H groups in total. The molecule has 110 valence electrons. The Morgan fingerprint density at radius 3 is 2.53 bits per heavy atom. The summed E-state index contributed by atoms with van der Waals surface area (Å²) in [6.07, 6.45) is 4.11. The van der Waals surface area contributed by atoms with Gasteiger partial charge in [0.25, 0.3) is 0 Å². The highest BCUT2D eigenvalue weighted by molar-refractivity contribution is 5.73. The average molecular weight is 268 g/mol. The van der Waals surface area contributed by atoms with Gasteiger partial charge in [0.2, 0.25) is 0 Å². The van der Waals surface area contributed by atoms with E-state index in [1.165, 1.54) is 6.42 Å². The summed E-state index contributed by atoms with van der Waals surface area (Å²) in [5.74, 6) is 0.618. The molecule has 3 atom stereocenters. The monoisotopic (exact) mass is 268 g/mol.